The highest BCUT2D eigenvalue weighted by Crippen LogP contribution is 2.29. The van der Waals surface area contributed by atoms with E-state index in [9.17, 15) is 22.8 Å². The fourth-order valence-corrected chi connectivity index (χ4v) is 2.72. The summed E-state index contributed by atoms with van der Waals surface area (Å²) < 4.78 is 43.8. The van der Waals surface area contributed by atoms with E-state index in [0.29, 0.717) is 10.0 Å². The number of esters is 1. The van der Waals surface area contributed by atoms with Gasteiger partial charge in [-0.05, 0) is 29.8 Å². The van der Waals surface area contributed by atoms with Crippen molar-refractivity contribution in [1.82, 2.24) is 5.32 Å². The zero-order valence-corrected chi connectivity index (χ0v) is 15.2. The molecule has 1 N–H and O–H groups in total. The monoisotopic (exact) mass is 429 g/mol. The van der Waals surface area contributed by atoms with Gasteiger partial charge in [-0.25, -0.2) is 4.79 Å². The van der Waals surface area contributed by atoms with Gasteiger partial charge >= 0.3 is 12.1 Å². The summed E-state index contributed by atoms with van der Waals surface area (Å²) in [5.41, 5.74) is -0.265. The fraction of sp³-hybridized carbons (Fsp3) is 0.222. The van der Waals surface area contributed by atoms with E-state index in [4.69, 9.17) is 0 Å². The molecule has 26 heavy (non-hydrogen) atoms. The molecular weight excluding hydrogens is 415 g/mol. The Morgan fingerprint density at radius 2 is 1.85 bits per heavy atom. The maximum absolute atomic E-state index is 12.8. The maximum atomic E-state index is 12.8. The summed E-state index contributed by atoms with van der Waals surface area (Å²) in [4.78, 5) is 24.3. The van der Waals surface area contributed by atoms with Crippen LogP contribution in [0.1, 0.15) is 21.5 Å². The van der Waals surface area contributed by atoms with Crippen LogP contribution < -0.4 is 5.32 Å². The van der Waals surface area contributed by atoms with Crippen molar-refractivity contribution in [2.75, 3.05) is 7.11 Å². The average molecular weight is 430 g/mol. The van der Waals surface area contributed by atoms with Crippen molar-refractivity contribution in [3.05, 3.63) is 69.7 Å². The Morgan fingerprint density at radius 3 is 2.46 bits per heavy atom. The molecule has 0 unspecified atom stereocenters. The number of halogens is 4. The lowest BCUT2D eigenvalue weighted by Crippen LogP contribution is -2.43. The van der Waals surface area contributed by atoms with Crippen molar-refractivity contribution in [2.45, 2.75) is 18.6 Å². The largest absolute Gasteiger partial charge is 0.467 e. The van der Waals surface area contributed by atoms with E-state index in [2.05, 4.69) is 26.0 Å². The van der Waals surface area contributed by atoms with Crippen LogP contribution in [0.15, 0.2) is 53.0 Å². The van der Waals surface area contributed by atoms with Crippen LogP contribution in [0.25, 0.3) is 0 Å². The van der Waals surface area contributed by atoms with Crippen molar-refractivity contribution in [3.63, 3.8) is 0 Å². The number of amides is 1. The van der Waals surface area contributed by atoms with Gasteiger partial charge in [0.05, 0.1) is 12.7 Å². The third kappa shape index (κ3) is 5.32. The van der Waals surface area contributed by atoms with Crippen molar-refractivity contribution in [2.24, 2.45) is 0 Å². The Morgan fingerprint density at radius 1 is 1.15 bits per heavy atom. The molecule has 0 radical (unpaired) electrons. The van der Waals surface area contributed by atoms with E-state index in [0.717, 1.165) is 19.2 Å². The number of hydrogen-bond acceptors (Lipinski definition) is 3. The second kappa shape index (κ2) is 8.35. The van der Waals surface area contributed by atoms with E-state index in [-0.39, 0.29) is 12.0 Å². The zero-order valence-electron chi connectivity index (χ0n) is 13.6. The molecule has 2 rings (SSSR count). The third-order valence-electron chi connectivity index (χ3n) is 3.57. The van der Waals surface area contributed by atoms with Gasteiger partial charge in [0.25, 0.3) is 5.91 Å². The predicted octanol–water partition coefficient (Wildman–Crippen LogP) is 3.98. The molecule has 0 aromatic heterocycles. The van der Waals surface area contributed by atoms with Crippen molar-refractivity contribution >= 4 is 27.8 Å². The topological polar surface area (TPSA) is 55.4 Å². The Hall–Kier alpha value is -2.35. The molecule has 0 saturated carbocycles. The SMILES string of the molecule is COC(=O)[C@@H](Cc1cccc(C(F)(F)F)c1)NC(=O)c1cccc(Br)c1. The molecule has 0 fully saturated rings. The summed E-state index contributed by atoms with van der Waals surface area (Å²) in [6.07, 6.45) is -4.62. The van der Waals surface area contributed by atoms with E-state index in [1.165, 1.54) is 12.1 Å². The predicted molar refractivity (Wildman–Crippen MR) is 92.6 cm³/mol. The molecule has 0 aliphatic carbocycles. The van der Waals surface area contributed by atoms with Crippen molar-refractivity contribution in [1.29, 1.82) is 0 Å². The van der Waals surface area contributed by atoms with E-state index in [1.54, 1.807) is 24.3 Å². The minimum Gasteiger partial charge on any atom is -0.467 e. The summed E-state index contributed by atoms with van der Waals surface area (Å²) in [5, 5.41) is 2.50. The van der Waals surface area contributed by atoms with Crippen LogP contribution in [0, 0.1) is 0 Å². The Kier molecular flexibility index (Phi) is 6.42. The first-order valence-electron chi connectivity index (χ1n) is 7.51. The Labute approximate surface area is 156 Å². The minimum absolute atomic E-state index is 0.129. The van der Waals surface area contributed by atoms with Crippen LogP contribution in [0.4, 0.5) is 13.2 Å². The van der Waals surface area contributed by atoms with Gasteiger partial charge in [-0.15, -0.1) is 0 Å². The molecule has 0 aliphatic heterocycles. The van der Waals surface area contributed by atoms with E-state index in [1.807, 2.05) is 0 Å². The molecule has 2 aromatic carbocycles. The van der Waals surface area contributed by atoms with Crippen LogP contribution in [-0.4, -0.2) is 25.0 Å². The molecule has 0 aliphatic rings. The molecular formula is C18H15BrF3NO3. The number of methoxy groups -OCH3 is 1. The second-order valence-electron chi connectivity index (χ2n) is 5.46. The Balaban J connectivity index is 2.20. The van der Waals surface area contributed by atoms with Gasteiger partial charge in [-0.2, -0.15) is 13.2 Å². The molecule has 8 heteroatoms. The maximum Gasteiger partial charge on any atom is 0.416 e. The second-order valence-corrected chi connectivity index (χ2v) is 6.38. The lowest BCUT2D eigenvalue weighted by molar-refractivity contribution is -0.142. The number of alkyl halides is 3. The van der Waals surface area contributed by atoms with E-state index < -0.39 is 29.7 Å². The number of benzene rings is 2. The summed E-state index contributed by atoms with van der Waals surface area (Å²) in [6, 6.07) is 9.98. The minimum atomic E-state index is -4.49. The Bertz CT molecular complexity index is 808. The number of ether oxygens (including phenoxy) is 1. The molecule has 0 spiro atoms. The molecule has 0 bridgehead atoms. The van der Waals surface area contributed by atoms with Crippen molar-refractivity contribution < 1.29 is 27.5 Å². The molecule has 4 nitrogen and oxygen atoms in total. The number of nitrogens with one attached hydrogen (secondary N) is 1. The van der Waals surface area contributed by atoms with Crippen LogP contribution in [-0.2, 0) is 22.1 Å². The van der Waals surface area contributed by atoms with Crippen LogP contribution in [0.5, 0.6) is 0 Å². The summed E-state index contributed by atoms with van der Waals surface area (Å²) >= 11 is 3.24. The van der Waals surface area contributed by atoms with Crippen LogP contribution in [0.2, 0.25) is 0 Å². The number of hydrogen-bond donors (Lipinski definition) is 1. The highest BCUT2D eigenvalue weighted by atomic mass is 79.9. The molecule has 0 heterocycles. The number of carbonyl (C=O) groups excluding carboxylic acids is 2. The zero-order chi connectivity index (χ0) is 19.3. The summed E-state index contributed by atoms with van der Waals surface area (Å²) in [5.74, 6) is -1.28. The standard InChI is InChI=1S/C18H15BrF3NO3/c1-26-17(25)15(23-16(24)12-5-3-7-14(19)10-12)9-11-4-2-6-13(8-11)18(20,21)22/h2-8,10,15H,9H2,1H3,(H,23,24)/t15-/m1/s1. The van der Waals surface area contributed by atoms with Gasteiger partial charge in [0.1, 0.15) is 6.04 Å². The fourth-order valence-electron chi connectivity index (χ4n) is 2.32. The summed E-state index contributed by atoms with van der Waals surface area (Å²) in [6.45, 7) is 0. The van der Waals surface area contributed by atoms with Crippen LogP contribution >= 0.6 is 15.9 Å². The highest BCUT2D eigenvalue weighted by molar-refractivity contribution is 9.10. The van der Waals surface area contributed by atoms with Crippen LogP contribution in [0.3, 0.4) is 0 Å². The smallest absolute Gasteiger partial charge is 0.416 e. The van der Waals surface area contributed by atoms with Gasteiger partial charge in [0.2, 0.25) is 0 Å². The molecule has 2 aromatic rings. The third-order valence-corrected chi connectivity index (χ3v) is 4.07. The molecule has 1 amide bonds. The van der Waals surface area contributed by atoms with Gasteiger partial charge in [-0.3, -0.25) is 4.79 Å². The van der Waals surface area contributed by atoms with Gasteiger partial charge in [0, 0.05) is 16.5 Å². The average Bonchev–Trinajstić information content (AvgIpc) is 2.60. The first-order chi connectivity index (χ1) is 12.2. The van der Waals surface area contributed by atoms with E-state index >= 15 is 0 Å². The highest BCUT2D eigenvalue weighted by Gasteiger charge is 2.31. The van der Waals surface area contributed by atoms with Gasteiger partial charge < -0.3 is 10.1 Å². The molecule has 1 atom stereocenters. The van der Waals surface area contributed by atoms with Crippen molar-refractivity contribution in [3.8, 4) is 0 Å². The summed E-state index contributed by atoms with van der Waals surface area (Å²) in [7, 11) is 1.15. The first-order valence-corrected chi connectivity index (χ1v) is 8.30. The normalized spacial score (nSPS) is 12.3. The lowest BCUT2D eigenvalue weighted by Gasteiger charge is -2.17. The molecule has 0 saturated heterocycles. The number of rotatable bonds is 5. The molecule has 138 valence electrons. The quantitative estimate of drug-likeness (QED) is 0.731. The van der Waals surface area contributed by atoms with Gasteiger partial charge in [0.15, 0.2) is 0 Å². The number of carbonyl (C=O) groups is 2. The first kappa shape index (κ1) is 20.0. The van der Waals surface area contributed by atoms with Gasteiger partial charge in [-0.1, -0.05) is 40.2 Å². The lowest BCUT2D eigenvalue weighted by atomic mass is 10.0.